The molecular formula is C75H96N20O18S2. The van der Waals surface area contributed by atoms with E-state index in [9.17, 15) is 78.0 Å². The van der Waals surface area contributed by atoms with Crippen LogP contribution in [-0.2, 0) is 99.2 Å². The molecule has 7 aromatic rings. The number of aliphatic carboxylic acids is 1. The second-order valence-electron chi connectivity index (χ2n) is 27.1. The lowest BCUT2D eigenvalue weighted by Crippen LogP contribution is -2.62. The second kappa shape index (κ2) is 44.0. The van der Waals surface area contributed by atoms with Crippen LogP contribution >= 0.6 is 25.3 Å². The molecule has 3 aromatic heterocycles. The average Bonchev–Trinajstić information content (AvgIpc) is 1.70. The number of aromatic hydroxyl groups is 1. The third-order valence-electron chi connectivity index (χ3n) is 18.2. The number of carbonyl (C=O) groups excluding carboxylic acids is 13. The summed E-state index contributed by atoms with van der Waals surface area (Å²) in [4.78, 5) is 208. The molecule has 7 rings (SSSR count). The summed E-state index contributed by atoms with van der Waals surface area (Å²) < 4.78 is 0. The van der Waals surface area contributed by atoms with E-state index in [1.54, 1.807) is 85.1 Å². The molecule has 0 saturated heterocycles. The number of amides is 13. The normalized spacial score (nSPS) is 14.5. The minimum Gasteiger partial charge on any atom is -0.508 e. The maximum absolute atomic E-state index is 15.2. The molecule has 13 atom stereocenters. The number of primary amides is 1. The number of aromatic nitrogens is 4. The van der Waals surface area contributed by atoms with Crippen molar-refractivity contribution in [2.45, 2.75) is 157 Å². The van der Waals surface area contributed by atoms with E-state index >= 15 is 9.59 Å². The van der Waals surface area contributed by atoms with E-state index in [1.807, 2.05) is 0 Å². The second-order valence-corrected chi connectivity index (χ2v) is 27.9. The number of nitrogens with one attached hydrogen (secondary N) is 17. The molecule has 0 bridgehead atoms. The van der Waals surface area contributed by atoms with Gasteiger partial charge in [-0.25, -0.2) is 4.98 Å². The van der Waals surface area contributed by atoms with E-state index in [0.29, 0.717) is 44.1 Å². The van der Waals surface area contributed by atoms with Crippen LogP contribution in [0.4, 0.5) is 0 Å². The number of phenolic OH excluding ortho intramolecular Hbond substituents is 1. The van der Waals surface area contributed by atoms with E-state index in [2.05, 4.69) is 114 Å². The Morgan fingerprint density at radius 3 is 1.32 bits per heavy atom. The van der Waals surface area contributed by atoms with Gasteiger partial charge in [-0.3, -0.25) is 72.5 Å². The average molecular weight is 1630 g/mol. The quantitative estimate of drug-likeness (QED) is 0.00756. The number of para-hydroxylation sites is 2. The molecule has 4 aromatic carbocycles. The lowest BCUT2D eigenvalue weighted by atomic mass is 10.0. The molecule has 0 spiro atoms. The summed E-state index contributed by atoms with van der Waals surface area (Å²) in [7, 11) is 0. The zero-order valence-electron chi connectivity index (χ0n) is 62.8. The Labute approximate surface area is 669 Å². The van der Waals surface area contributed by atoms with Crippen molar-refractivity contribution < 1.29 is 87.5 Å². The fourth-order valence-corrected chi connectivity index (χ4v) is 12.7. The molecule has 0 aliphatic rings. The van der Waals surface area contributed by atoms with Gasteiger partial charge in [-0.2, -0.15) is 25.3 Å². The zero-order valence-corrected chi connectivity index (χ0v) is 64.6. The third-order valence-corrected chi connectivity index (χ3v) is 18.9. The topological polar surface area (TPSA) is 612 Å². The molecule has 616 valence electrons. The van der Waals surface area contributed by atoms with Crippen molar-refractivity contribution >= 4 is 136 Å². The number of carboxylic acid groups (broad SMARTS) is 1. The minimum absolute atomic E-state index is 0.0504. The number of benzene rings is 4. The van der Waals surface area contributed by atoms with Gasteiger partial charge >= 0.3 is 5.97 Å². The number of aromatic amines is 3. The highest BCUT2D eigenvalue weighted by Gasteiger charge is 2.39. The number of nitrogens with two attached hydrogens (primary N) is 2. The minimum atomic E-state index is -1.88. The fraction of sp³-hybridized carbons (Fsp3) is 0.387. The Morgan fingerprint density at radius 2 is 0.861 bits per heavy atom. The molecule has 40 heteroatoms. The number of carboxylic acids is 1. The molecule has 0 fully saturated rings. The third kappa shape index (κ3) is 28.0. The van der Waals surface area contributed by atoms with Gasteiger partial charge in [-0.15, -0.1) is 0 Å². The molecule has 0 radical (unpaired) electrons. The van der Waals surface area contributed by atoms with Crippen LogP contribution in [0.3, 0.4) is 0 Å². The first-order valence-electron chi connectivity index (χ1n) is 36.4. The number of rotatable bonds is 45. The van der Waals surface area contributed by atoms with Crippen molar-refractivity contribution in [3.63, 3.8) is 0 Å². The summed E-state index contributed by atoms with van der Waals surface area (Å²) in [6.07, 6.45) is -0.626. The zero-order chi connectivity index (χ0) is 84.0. The van der Waals surface area contributed by atoms with Crippen LogP contribution in [-0.4, -0.2) is 232 Å². The van der Waals surface area contributed by atoms with Crippen molar-refractivity contribution in [2.75, 3.05) is 24.6 Å². The number of aliphatic hydroxyl groups excluding tert-OH is 2. The highest BCUT2D eigenvalue weighted by Crippen LogP contribution is 2.23. The monoisotopic (exact) mass is 1630 g/mol. The highest BCUT2D eigenvalue weighted by molar-refractivity contribution is 7.80. The van der Waals surface area contributed by atoms with Gasteiger partial charge in [0.15, 0.2) is 5.96 Å². The molecule has 38 nitrogen and oxygen atoms in total. The van der Waals surface area contributed by atoms with Gasteiger partial charge < -0.3 is 116 Å². The van der Waals surface area contributed by atoms with Crippen LogP contribution in [0.15, 0.2) is 128 Å². The first kappa shape index (κ1) is 89.6. The van der Waals surface area contributed by atoms with Gasteiger partial charge in [0.05, 0.1) is 25.1 Å². The van der Waals surface area contributed by atoms with Gasteiger partial charge in [-0.05, 0) is 79.6 Å². The van der Waals surface area contributed by atoms with Crippen molar-refractivity contribution in [2.24, 2.45) is 11.5 Å². The van der Waals surface area contributed by atoms with E-state index in [-0.39, 0.29) is 68.7 Å². The number of hydrogen-bond donors (Lipinski definition) is 25. The molecule has 115 heavy (non-hydrogen) atoms. The standard InChI is InChI=1S/C75H96N20O18S2/c1-38(96)62(94-66(105)51(18-11-25-80-75(77)78)86-71(110)58(35-114)85-40(3)98)74(113)92-56(29-44-32-82-50-17-10-8-15-48(44)50)68(107)87-52(23-24-61(101)102)65(104)93-59(36-115)72(111)88-54(27-42-19-21-46(99)22-20-42)67(106)89-55(28-43-31-81-49-16-9-7-14-47(43)49)69(108)90-57(30-45-33-79-37-84-45)70(109)95-63(39(2)97)73(112)91-53(64(103)83-34-60(76)100)26-41-12-5-4-6-13-41/h4-10,12-17,19-22,31-33,37-39,51-59,62-63,81-82,96-97,99,114-115H,11,18,23-30,34-36H2,1-3H3,(H2,76,100)(H,79,84)(H,83,103)(H,85,98)(H,86,110)(H,87,107)(H,88,111)(H,89,106)(H,90,108)(H,91,112)(H,92,113)(H,93,104)(H,94,105)(H,95,109)(H,101,102)(H4,77,78,80)/t38-,39-,51+,52+,53+,54+,55+,56+,57+,58+,59+,62+,63+/m1/s1. The molecule has 0 aliphatic heterocycles. The van der Waals surface area contributed by atoms with E-state index in [1.165, 1.54) is 49.9 Å². The van der Waals surface area contributed by atoms with Crippen molar-refractivity contribution in [1.29, 1.82) is 5.41 Å². The lowest BCUT2D eigenvalue weighted by molar-refractivity contribution is -0.139. The molecule has 0 aliphatic carbocycles. The highest BCUT2D eigenvalue weighted by atomic mass is 32.1. The lowest BCUT2D eigenvalue weighted by Gasteiger charge is -2.29. The number of thiol groups is 2. The molecule has 13 amide bonds. The Hall–Kier alpha value is -12.6. The molecule has 3 heterocycles. The summed E-state index contributed by atoms with van der Waals surface area (Å²) >= 11 is 8.50. The number of hydrogen-bond acceptors (Lipinski definition) is 21. The van der Waals surface area contributed by atoms with Gasteiger partial charge in [-0.1, -0.05) is 78.9 Å². The maximum Gasteiger partial charge on any atom is 0.303 e. The summed E-state index contributed by atoms with van der Waals surface area (Å²) in [5.41, 5.74) is 14.0. The number of phenols is 1. The largest absolute Gasteiger partial charge is 0.508 e. The smallest absolute Gasteiger partial charge is 0.303 e. The van der Waals surface area contributed by atoms with Gasteiger partial charge in [0, 0.05) is 110 Å². The van der Waals surface area contributed by atoms with E-state index in [0.717, 1.165) is 13.8 Å². The number of guanidine groups is 1. The fourth-order valence-electron chi connectivity index (χ4n) is 12.2. The Morgan fingerprint density at radius 1 is 0.461 bits per heavy atom. The SMILES string of the molecule is CC(=O)N[C@@H](CS)C(=O)N[C@@H](CCCNC(=N)N)C(=O)N[C@H](C(=O)N[C@@H](Cc1c[nH]c2ccccc12)C(=O)N[C@@H](CCC(=O)O)C(=O)N[C@@H](CS)C(=O)N[C@@H](Cc1ccc(O)cc1)C(=O)N[C@@H](Cc1c[nH]c2ccccc12)C(=O)N[C@@H](Cc1cnc[nH]1)C(=O)N[C@H](C(=O)N[C@@H](Cc1ccccc1)C(=O)NCC(N)=O)[C@@H](C)O)[C@@H](C)O. The van der Waals surface area contributed by atoms with Crippen LogP contribution in [0, 0.1) is 5.41 Å². The summed E-state index contributed by atoms with van der Waals surface area (Å²) in [6.45, 7) is 2.95. The van der Waals surface area contributed by atoms with Crippen molar-refractivity contribution in [3.8, 4) is 5.75 Å². The molecule has 25 N–H and O–H groups in total. The van der Waals surface area contributed by atoms with Crippen molar-refractivity contribution in [3.05, 3.63) is 156 Å². The first-order valence-corrected chi connectivity index (χ1v) is 37.7. The summed E-state index contributed by atoms with van der Waals surface area (Å²) in [5.74, 6) is -15.7. The van der Waals surface area contributed by atoms with Gasteiger partial charge in [0.1, 0.15) is 72.2 Å². The molecular weight excluding hydrogens is 1530 g/mol. The predicted octanol–water partition coefficient (Wildman–Crippen LogP) is -3.71. The Kier molecular flexibility index (Phi) is 34.3. The summed E-state index contributed by atoms with van der Waals surface area (Å²) in [5, 5.41) is 83.9. The predicted molar refractivity (Wildman–Crippen MR) is 424 cm³/mol. The van der Waals surface area contributed by atoms with Crippen LogP contribution in [0.2, 0.25) is 0 Å². The number of fused-ring (bicyclic) bond motifs is 2. The summed E-state index contributed by atoms with van der Waals surface area (Å²) in [6, 6.07) is 9.65. The first-order chi connectivity index (χ1) is 54.8. The number of aliphatic hydroxyl groups is 2. The number of imidazole rings is 1. The molecule has 0 saturated carbocycles. The van der Waals surface area contributed by atoms with Crippen LogP contribution in [0.5, 0.6) is 5.75 Å². The number of nitrogens with zero attached hydrogens (tertiary/aromatic N) is 1. The van der Waals surface area contributed by atoms with Gasteiger partial charge in [0.25, 0.3) is 0 Å². The van der Waals surface area contributed by atoms with Crippen molar-refractivity contribution in [1.82, 2.24) is 89.1 Å². The van der Waals surface area contributed by atoms with Gasteiger partial charge in [0.2, 0.25) is 76.8 Å². The Bertz CT molecular complexity index is 4570. The van der Waals surface area contributed by atoms with E-state index < -0.39 is 193 Å². The number of carbonyl (C=O) groups is 14. The molecule has 0 unspecified atom stereocenters. The van der Waals surface area contributed by atoms with Crippen LogP contribution < -0.4 is 80.6 Å². The van der Waals surface area contributed by atoms with Crippen LogP contribution in [0.1, 0.15) is 74.4 Å². The number of H-pyrrole nitrogens is 3. The van der Waals surface area contributed by atoms with E-state index in [4.69, 9.17) is 16.9 Å². The Balaban J connectivity index is 1.15. The maximum atomic E-state index is 15.2. The van der Waals surface area contributed by atoms with Crippen LogP contribution in [0.25, 0.3) is 21.8 Å².